The minimum absolute atomic E-state index is 0. The maximum absolute atomic E-state index is 5.50. The number of nitrogens with zero attached hydrogens (tertiary/aromatic N) is 2. The fourth-order valence-electron chi connectivity index (χ4n) is 1.86. The van der Waals surface area contributed by atoms with E-state index in [2.05, 4.69) is 22.2 Å². The van der Waals surface area contributed by atoms with Crippen molar-refractivity contribution < 1.29 is 4.42 Å². The summed E-state index contributed by atoms with van der Waals surface area (Å²) in [5.41, 5.74) is 1.00. The molecule has 1 fully saturated rings. The van der Waals surface area contributed by atoms with Gasteiger partial charge in [-0.2, -0.15) is 0 Å². The third kappa shape index (κ3) is 3.70. The fraction of sp³-hybridized carbons (Fsp3) is 0.417. The number of nitrogens with one attached hydrogen (secondary N) is 1. The molecule has 0 bridgehead atoms. The van der Waals surface area contributed by atoms with Crippen molar-refractivity contribution in [3.05, 3.63) is 29.5 Å². The van der Waals surface area contributed by atoms with E-state index in [-0.39, 0.29) is 24.8 Å². The van der Waals surface area contributed by atoms with Gasteiger partial charge in [0.1, 0.15) is 6.26 Å². The van der Waals surface area contributed by atoms with Crippen molar-refractivity contribution in [2.75, 3.05) is 20.1 Å². The Morgan fingerprint density at radius 3 is 2.84 bits per heavy atom. The van der Waals surface area contributed by atoms with E-state index in [1.54, 1.807) is 17.6 Å². The Hall–Kier alpha value is -0.590. The van der Waals surface area contributed by atoms with Crippen LogP contribution in [0.3, 0.4) is 0 Å². The van der Waals surface area contributed by atoms with Crippen LogP contribution < -0.4 is 5.32 Å². The maximum atomic E-state index is 5.50. The van der Waals surface area contributed by atoms with Crippen molar-refractivity contribution in [2.24, 2.45) is 0 Å². The molecule has 3 heterocycles. The van der Waals surface area contributed by atoms with Crippen molar-refractivity contribution >= 4 is 36.2 Å². The summed E-state index contributed by atoms with van der Waals surface area (Å²) in [5.74, 6) is 0.732. The van der Waals surface area contributed by atoms with Crippen molar-refractivity contribution in [1.29, 1.82) is 0 Å². The third-order valence-electron chi connectivity index (χ3n) is 3.08. The van der Waals surface area contributed by atoms with Crippen LogP contribution in [0.25, 0.3) is 10.8 Å². The average molecular weight is 322 g/mol. The summed E-state index contributed by atoms with van der Waals surface area (Å²) in [6.07, 6.45) is 1.76. The zero-order valence-corrected chi connectivity index (χ0v) is 13.0. The predicted octanol–water partition coefficient (Wildman–Crippen LogP) is 2.65. The van der Waals surface area contributed by atoms with Crippen molar-refractivity contribution in [3.8, 4) is 10.8 Å². The zero-order chi connectivity index (χ0) is 11.7. The van der Waals surface area contributed by atoms with E-state index in [1.165, 1.54) is 0 Å². The van der Waals surface area contributed by atoms with Gasteiger partial charge in [-0.15, -0.1) is 36.2 Å². The molecule has 0 amide bonds. The summed E-state index contributed by atoms with van der Waals surface area (Å²) < 4.78 is 5.50. The lowest BCUT2D eigenvalue weighted by Gasteiger charge is -2.35. The van der Waals surface area contributed by atoms with E-state index in [0.717, 1.165) is 36.1 Å². The van der Waals surface area contributed by atoms with Gasteiger partial charge in [0.15, 0.2) is 0 Å². The topological polar surface area (TPSA) is 41.3 Å². The quantitative estimate of drug-likeness (QED) is 0.940. The van der Waals surface area contributed by atoms with Gasteiger partial charge in [-0.05, 0) is 18.5 Å². The molecule has 0 unspecified atom stereocenters. The molecule has 0 spiro atoms. The highest BCUT2D eigenvalue weighted by Crippen LogP contribution is 2.24. The second-order valence-corrected chi connectivity index (χ2v) is 5.30. The Kier molecular flexibility index (Phi) is 6.29. The molecular weight excluding hydrogens is 305 g/mol. The second-order valence-electron chi connectivity index (χ2n) is 4.35. The first-order chi connectivity index (χ1) is 8.33. The van der Waals surface area contributed by atoms with Gasteiger partial charge in [0.05, 0.1) is 10.6 Å². The molecule has 1 saturated heterocycles. The van der Waals surface area contributed by atoms with Crippen LogP contribution in [0, 0.1) is 0 Å². The van der Waals surface area contributed by atoms with Crippen LogP contribution in [-0.4, -0.2) is 36.1 Å². The average Bonchev–Trinajstić information content (AvgIpc) is 2.82. The number of halogens is 2. The summed E-state index contributed by atoms with van der Waals surface area (Å²) in [4.78, 5) is 7.91. The van der Waals surface area contributed by atoms with E-state index in [9.17, 15) is 0 Å². The minimum atomic E-state index is 0. The summed E-state index contributed by atoms with van der Waals surface area (Å²) in [7, 11) is 2.13. The van der Waals surface area contributed by atoms with Crippen LogP contribution in [0.1, 0.15) is 5.69 Å². The standard InChI is InChI=1S/C12H15N3OS.2ClH/c1-15(10-5-13-6-10)7-9-8-16-12(14-9)11-3-2-4-17-11;;/h2-4,8,10,13H,5-7H2,1H3;2*1H. The normalized spacial score (nSPS) is 14.6. The molecule has 0 atom stereocenters. The van der Waals surface area contributed by atoms with Crippen LogP contribution in [0.4, 0.5) is 0 Å². The van der Waals surface area contributed by atoms with Crippen LogP contribution in [0.5, 0.6) is 0 Å². The van der Waals surface area contributed by atoms with Gasteiger partial charge in [0.25, 0.3) is 0 Å². The molecule has 4 nitrogen and oxygen atoms in total. The molecule has 19 heavy (non-hydrogen) atoms. The first-order valence-electron chi connectivity index (χ1n) is 5.72. The second kappa shape index (κ2) is 7.26. The SMILES string of the molecule is CN(Cc1coc(-c2cccs2)n1)C1CNC1.Cl.Cl. The van der Waals surface area contributed by atoms with Gasteiger partial charge >= 0.3 is 0 Å². The van der Waals surface area contributed by atoms with Gasteiger partial charge in [0.2, 0.25) is 5.89 Å². The summed E-state index contributed by atoms with van der Waals surface area (Å²) in [6.45, 7) is 3.00. The van der Waals surface area contributed by atoms with Crippen LogP contribution in [-0.2, 0) is 6.54 Å². The Balaban J connectivity index is 0.000000902. The van der Waals surface area contributed by atoms with E-state index < -0.39 is 0 Å². The van der Waals surface area contributed by atoms with E-state index in [4.69, 9.17) is 4.42 Å². The largest absolute Gasteiger partial charge is 0.444 e. The maximum Gasteiger partial charge on any atom is 0.236 e. The molecule has 7 heteroatoms. The molecule has 3 rings (SSSR count). The van der Waals surface area contributed by atoms with Crippen LogP contribution in [0.2, 0.25) is 0 Å². The molecular formula is C12H17Cl2N3OS. The zero-order valence-electron chi connectivity index (χ0n) is 10.5. The first-order valence-corrected chi connectivity index (χ1v) is 6.60. The molecule has 2 aromatic heterocycles. The smallest absolute Gasteiger partial charge is 0.236 e. The highest BCUT2D eigenvalue weighted by Gasteiger charge is 2.22. The van der Waals surface area contributed by atoms with E-state index >= 15 is 0 Å². The number of likely N-dealkylation sites (N-methyl/N-ethyl adjacent to an activating group) is 1. The Labute approximate surface area is 129 Å². The van der Waals surface area contributed by atoms with E-state index in [0.29, 0.717) is 6.04 Å². The molecule has 0 aromatic carbocycles. The van der Waals surface area contributed by atoms with Gasteiger partial charge < -0.3 is 9.73 Å². The highest BCUT2D eigenvalue weighted by molar-refractivity contribution is 7.13. The van der Waals surface area contributed by atoms with Gasteiger partial charge in [-0.1, -0.05) is 6.07 Å². The molecule has 0 aliphatic carbocycles. The molecule has 2 aromatic rings. The third-order valence-corrected chi connectivity index (χ3v) is 3.94. The number of oxazole rings is 1. The molecule has 0 radical (unpaired) electrons. The van der Waals surface area contributed by atoms with Gasteiger partial charge in [0, 0.05) is 25.7 Å². The molecule has 0 saturated carbocycles. The molecule has 1 N–H and O–H groups in total. The molecule has 106 valence electrons. The summed E-state index contributed by atoms with van der Waals surface area (Å²) in [5, 5.41) is 5.30. The Bertz CT molecular complexity index is 485. The van der Waals surface area contributed by atoms with Crippen LogP contribution >= 0.6 is 36.2 Å². The van der Waals surface area contributed by atoms with E-state index in [1.807, 2.05) is 17.5 Å². The first kappa shape index (κ1) is 16.5. The van der Waals surface area contributed by atoms with Gasteiger partial charge in [-0.25, -0.2) is 4.98 Å². The highest BCUT2D eigenvalue weighted by atomic mass is 35.5. The van der Waals surface area contributed by atoms with Gasteiger partial charge in [-0.3, -0.25) is 4.90 Å². The minimum Gasteiger partial charge on any atom is -0.444 e. The number of thiophene rings is 1. The van der Waals surface area contributed by atoms with Crippen molar-refractivity contribution in [3.63, 3.8) is 0 Å². The van der Waals surface area contributed by atoms with Crippen molar-refractivity contribution in [2.45, 2.75) is 12.6 Å². The Morgan fingerprint density at radius 1 is 1.47 bits per heavy atom. The number of hydrogen-bond donors (Lipinski definition) is 1. The number of hydrogen-bond acceptors (Lipinski definition) is 5. The fourth-order valence-corrected chi connectivity index (χ4v) is 2.52. The lowest BCUT2D eigenvalue weighted by Crippen LogP contribution is -2.55. The summed E-state index contributed by atoms with van der Waals surface area (Å²) in [6, 6.07) is 4.67. The summed E-state index contributed by atoms with van der Waals surface area (Å²) >= 11 is 1.65. The molecule has 1 aliphatic rings. The molecule has 1 aliphatic heterocycles. The lowest BCUT2D eigenvalue weighted by atomic mass is 10.1. The lowest BCUT2D eigenvalue weighted by molar-refractivity contribution is 0.171. The number of aromatic nitrogens is 1. The van der Waals surface area contributed by atoms with Crippen LogP contribution in [0.15, 0.2) is 28.2 Å². The monoisotopic (exact) mass is 321 g/mol. The van der Waals surface area contributed by atoms with Crippen molar-refractivity contribution in [1.82, 2.24) is 15.2 Å². The Morgan fingerprint density at radius 2 is 2.26 bits per heavy atom. The number of rotatable bonds is 4. The predicted molar refractivity (Wildman–Crippen MR) is 82.4 cm³/mol.